The normalized spacial score (nSPS) is 11.9. The van der Waals surface area contributed by atoms with Crippen molar-refractivity contribution in [3.05, 3.63) is 28.2 Å². The number of hydrogen-bond donors (Lipinski definition) is 3. The molecule has 5 nitrogen and oxygen atoms in total. The van der Waals surface area contributed by atoms with Gasteiger partial charge in [0, 0.05) is 10.2 Å². The van der Waals surface area contributed by atoms with Crippen LogP contribution in [0.15, 0.2) is 22.7 Å². The van der Waals surface area contributed by atoms with Crippen molar-refractivity contribution in [1.29, 1.82) is 0 Å². The Labute approximate surface area is 124 Å². The number of carbonyl (C=O) groups is 2. The Hall–Kier alpha value is -1.21. The first kappa shape index (κ1) is 15.8. The maximum atomic E-state index is 12.0. The molecule has 0 aliphatic heterocycles. The fourth-order valence-corrected chi connectivity index (χ4v) is 2.29. The molecule has 0 aliphatic carbocycles. The average Bonchev–Trinajstić information content (AvgIpc) is 2.36. The highest BCUT2D eigenvalue weighted by Crippen LogP contribution is 2.18. The van der Waals surface area contributed by atoms with E-state index in [1.54, 1.807) is 18.2 Å². The Morgan fingerprint density at radius 2 is 2.21 bits per heavy atom. The second kappa shape index (κ2) is 7.40. The zero-order chi connectivity index (χ0) is 14.4. The Balaban J connectivity index is 2.81. The van der Waals surface area contributed by atoms with Crippen molar-refractivity contribution in [2.45, 2.75) is 12.5 Å². The molecule has 0 fully saturated rings. The summed E-state index contributed by atoms with van der Waals surface area (Å²) in [6, 6.07) is 3.97. The van der Waals surface area contributed by atoms with E-state index in [9.17, 15) is 9.59 Å². The van der Waals surface area contributed by atoms with Gasteiger partial charge >= 0.3 is 5.97 Å². The molecule has 1 aromatic carbocycles. The number of nitrogen functional groups attached to an aromatic ring is 1. The van der Waals surface area contributed by atoms with Crippen molar-refractivity contribution in [1.82, 2.24) is 5.32 Å². The molecule has 1 aromatic rings. The maximum Gasteiger partial charge on any atom is 0.326 e. The minimum atomic E-state index is -1.05. The highest BCUT2D eigenvalue weighted by molar-refractivity contribution is 9.10. The molecule has 0 aliphatic rings. The van der Waals surface area contributed by atoms with Gasteiger partial charge in [-0.1, -0.05) is 15.9 Å². The number of carboxylic acid groups (broad SMARTS) is 1. The van der Waals surface area contributed by atoms with Crippen molar-refractivity contribution in [3.63, 3.8) is 0 Å². The number of nitrogens with one attached hydrogen (secondary N) is 1. The third kappa shape index (κ3) is 4.76. The molecule has 1 unspecified atom stereocenters. The van der Waals surface area contributed by atoms with Gasteiger partial charge in [-0.15, -0.1) is 0 Å². The van der Waals surface area contributed by atoms with Crippen molar-refractivity contribution < 1.29 is 14.7 Å². The molecule has 19 heavy (non-hydrogen) atoms. The predicted molar refractivity (Wildman–Crippen MR) is 80.4 cm³/mol. The highest BCUT2D eigenvalue weighted by atomic mass is 79.9. The summed E-state index contributed by atoms with van der Waals surface area (Å²) in [4.78, 5) is 23.1. The number of hydrogen-bond acceptors (Lipinski definition) is 4. The number of amides is 1. The van der Waals surface area contributed by atoms with E-state index < -0.39 is 17.9 Å². The lowest BCUT2D eigenvalue weighted by Crippen LogP contribution is -2.41. The molecule has 0 bridgehead atoms. The van der Waals surface area contributed by atoms with E-state index in [1.807, 2.05) is 6.26 Å². The van der Waals surface area contributed by atoms with Crippen molar-refractivity contribution >= 4 is 45.3 Å². The van der Waals surface area contributed by atoms with Crippen LogP contribution in [-0.2, 0) is 4.79 Å². The lowest BCUT2D eigenvalue weighted by molar-refractivity contribution is -0.139. The Kier molecular flexibility index (Phi) is 6.17. The molecule has 0 aromatic heterocycles. The standard InChI is InChI=1S/C12H15BrN2O3S/c1-19-5-4-10(12(17)18)15-11(16)8-6-7(13)2-3-9(8)14/h2-3,6,10H,4-5,14H2,1H3,(H,15,16)(H,17,18). The van der Waals surface area contributed by atoms with Crippen molar-refractivity contribution in [2.24, 2.45) is 0 Å². The van der Waals surface area contributed by atoms with Gasteiger partial charge in [0.05, 0.1) is 5.56 Å². The largest absolute Gasteiger partial charge is 0.480 e. The fraction of sp³-hybridized carbons (Fsp3) is 0.333. The number of thioether (sulfide) groups is 1. The van der Waals surface area contributed by atoms with Gasteiger partial charge in [0.1, 0.15) is 6.04 Å². The van der Waals surface area contributed by atoms with Crippen molar-refractivity contribution in [2.75, 3.05) is 17.7 Å². The lowest BCUT2D eigenvalue weighted by Gasteiger charge is -2.15. The molecular weight excluding hydrogens is 332 g/mol. The van der Waals surface area contributed by atoms with Crippen molar-refractivity contribution in [3.8, 4) is 0 Å². The minimum Gasteiger partial charge on any atom is -0.480 e. The maximum absolute atomic E-state index is 12.0. The Bertz CT molecular complexity index is 482. The summed E-state index contributed by atoms with van der Waals surface area (Å²) in [5.41, 5.74) is 6.29. The van der Waals surface area contributed by atoms with Crippen LogP contribution in [0.3, 0.4) is 0 Å². The Morgan fingerprint density at radius 1 is 1.53 bits per heavy atom. The monoisotopic (exact) mass is 346 g/mol. The molecule has 1 amide bonds. The zero-order valence-electron chi connectivity index (χ0n) is 10.4. The number of nitrogens with two attached hydrogens (primary N) is 1. The van der Waals surface area contributed by atoms with Crippen LogP contribution in [0, 0.1) is 0 Å². The van der Waals surface area contributed by atoms with E-state index >= 15 is 0 Å². The van der Waals surface area contributed by atoms with Crippen LogP contribution in [0.5, 0.6) is 0 Å². The van der Waals surface area contributed by atoms with Crippen LogP contribution in [0.4, 0.5) is 5.69 Å². The SMILES string of the molecule is CSCCC(NC(=O)c1cc(Br)ccc1N)C(=O)O. The first-order chi connectivity index (χ1) is 8.95. The number of carbonyl (C=O) groups excluding carboxylic acids is 1. The van der Waals surface area contributed by atoms with Gasteiger partial charge in [-0.3, -0.25) is 4.79 Å². The van der Waals surface area contributed by atoms with Crippen LogP contribution >= 0.6 is 27.7 Å². The van der Waals surface area contributed by atoms with Gasteiger partial charge in [0.15, 0.2) is 0 Å². The van der Waals surface area contributed by atoms with Crippen LogP contribution in [0.2, 0.25) is 0 Å². The number of aliphatic carboxylic acids is 1. The summed E-state index contributed by atoms with van der Waals surface area (Å²) in [5.74, 6) is -0.867. The number of carboxylic acids is 1. The van der Waals surface area contributed by atoms with Gasteiger partial charge in [0.2, 0.25) is 0 Å². The fourth-order valence-electron chi connectivity index (χ4n) is 1.45. The van der Waals surface area contributed by atoms with Gasteiger partial charge < -0.3 is 16.2 Å². The highest BCUT2D eigenvalue weighted by Gasteiger charge is 2.21. The molecule has 1 rings (SSSR count). The molecule has 0 saturated heterocycles. The van der Waals surface area contributed by atoms with Gasteiger partial charge in [-0.05, 0) is 36.6 Å². The number of benzene rings is 1. The molecule has 104 valence electrons. The summed E-state index contributed by atoms with van der Waals surface area (Å²) < 4.78 is 0.711. The smallest absolute Gasteiger partial charge is 0.326 e. The summed E-state index contributed by atoms with van der Waals surface area (Å²) in [6.45, 7) is 0. The number of rotatable bonds is 6. The van der Waals surface area contributed by atoms with Gasteiger partial charge in [0.25, 0.3) is 5.91 Å². The third-order valence-electron chi connectivity index (χ3n) is 2.47. The topological polar surface area (TPSA) is 92.4 Å². The zero-order valence-corrected chi connectivity index (χ0v) is 12.8. The quantitative estimate of drug-likeness (QED) is 0.684. The number of halogens is 1. The average molecular weight is 347 g/mol. The third-order valence-corrected chi connectivity index (χ3v) is 3.61. The van der Waals surface area contributed by atoms with Gasteiger partial charge in [-0.2, -0.15) is 11.8 Å². The summed E-state index contributed by atoms with van der Waals surface area (Å²) in [7, 11) is 0. The van der Waals surface area contributed by atoms with E-state index in [0.717, 1.165) is 0 Å². The van der Waals surface area contributed by atoms with Gasteiger partial charge in [-0.25, -0.2) is 4.79 Å². The minimum absolute atomic E-state index is 0.268. The molecule has 7 heteroatoms. The predicted octanol–water partition coefficient (Wildman–Crippen LogP) is 1.97. The van der Waals surface area contributed by atoms with Crippen LogP contribution < -0.4 is 11.1 Å². The summed E-state index contributed by atoms with van der Waals surface area (Å²) in [6.07, 6.45) is 2.25. The second-order valence-electron chi connectivity index (χ2n) is 3.88. The first-order valence-electron chi connectivity index (χ1n) is 5.53. The molecule has 0 spiro atoms. The molecular formula is C12H15BrN2O3S. The summed E-state index contributed by atoms with van der Waals surface area (Å²) >= 11 is 4.78. The Morgan fingerprint density at radius 3 is 2.79 bits per heavy atom. The van der Waals surface area contributed by atoms with Crippen LogP contribution in [-0.4, -0.2) is 35.0 Å². The van der Waals surface area contributed by atoms with Crippen LogP contribution in [0.25, 0.3) is 0 Å². The van der Waals surface area contributed by atoms with Crippen LogP contribution in [0.1, 0.15) is 16.8 Å². The van der Waals surface area contributed by atoms with E-state index in [0.29, 0.717) is 22.3 Å². The van der Waals surface area contributed by atoms with E-state index in [1.165, 1.54) is 11.8 Å². The molecule has 0 saturated carbocycles. The first-order valence-corrected chi connectivity index (χ1v) is 7.72. The number of anilines is 1. The molecule has 4 N–H and O–H groups in total. The molecule has 0 heterocycles. The second-order valence-corrected chi connectivity index (χ2v) is 5.78. The van der Waals surface area contributed by atoms with E-state index in [2.05, 4.69) is 21.2 Å². The lowest BCUT2D eigenvalue weighted by atomic mass is 10.1. The summed E-state index contributed by atoms with van der Waals surface area (Å²) in [5, 5.41) is 11.5. The van der Waals surface area contributed by atoms with E-state index in [-0.39, 0.29) is 5.56 Å². The molecule has 0 radical (unpaired) electrons. The molecule has 1 atom stereocenters. The van der Waals surface area contributed by atoms with E-state index in [4.69, 9.17) is 10.8 Å².